The highest BCUT2D eigenvalue weighted by Gasteiger charge is 2.37. The highest BCUT2D eigenvalue weighted by molar-refractivity contribution is 7.08. The summed E-state index contributed by atoms with van der Waals surface area (Å²) in [4.78, 5) is 25.0. The van der Waals surface area contributed by atoms with Crippen molar-refractivity contribution in [3.63, 3.8) is 0 Å². The summed E-state index contributed by atoms with van der Waals surface area (Å²) in [7, 11) is 0. The van der Waals surface area contributed by atoms with E-state index in [0.717, 1.165) is 6.42 Å². The van der Waals surface area contributed by atoms with Crippen LogP contribution in [0.15, 0.2) is 10.8 Å². The molecule has 5 heteroatoms. The van der Waals surface area contributed by atoms with E-state index < -0.39 is 0 Å². The van der Waals surface area contributed by atoms with Gasteiger partial charge in [-0.3, -0.25) is 14.5 Å². The van der Waals surface area contributed by atoms with E-state index in [1.54, 1.807) is 11.3 Å². The second kappa shape index (κ2) is 5.63. The van der Waals surface area contributed by atoms with Crippen molar-refractivity contribution in [3.05, 3.63) is 21.9 Å². The fourth-order valence-electron chi connectivity index (χ4n) is 2.10. The molecule has 2 heterocycles. The average molecular weight is 266 g/mol. The molecule has 1 aromatic rings. The first kappa shape index (κ1) is 13.2. The summed E-state index contributed by atoms with van der Waals surface area (Å²) >= 11 is 1.66. The van der Waals surface area contributed by atoms with Crippen LogP contribution < -0.4 is 5.32 Å². The topological polar surface area (TPSA) is 49.4 Å². The summed E-state index contributed by atoms with van der Waals surface area (Å²) in [5.41, 5.74) is 2.43. The third-order valence-corrected chi connectivity index (χ3v) is 4.10. The van der Waals surface area contributed by atoms with E-state index in [2.05, 4.69) is 23.0 Å². The maximum absolute atomic E-state index is 12.0. The van der Waals surface area contributed by atoms with Gasteiger partial charge in [0.15, 0.2) is 0 Å². The molecule has 2 rings (SSSR count). The Labute approximate surface area is 111 Å². The molecule has 0 aromatic carbocycles. The molecule has 1 N–H and O–H groups in total. The quantitative estimate of drug-likeness (QED) is 0.825. The molecule has 0 radical (unpaired) electrons. The molecule has 1 saturated heterocycles. The van der Waals surface area contributed by atoms with Gasteiger partial charge in [0, 0.05) is 13.1 Å². The molecule has 98 valence electrons. The fraction of sp³-hybridized carbons (Fsp3) is 0.538. The van der Waals surface area contributed by atoms with Crippen LogP contribution in [0.3, 0.4) is 0 Å². The van der Waals surface area contributed by atoms with Crippen molar-refractivity contribution in [3.8, 4) is 0 Å². The Hall–Kier alpha value is -1.20. The summed E-state index contributed by atoms with van der Waals surface area (Å²) in [6.45, 7) is 5.21. The van der Waals surface area contributed by atoms with E-state index in [4.69, 9.17) is 0 Å². The van der Waals surface area contributed by atoms with Crippen LogP contribution in [-0.4, -0.2) is 29.3 Å². The highest BCUT2D eigenvalue weighted by Crippen LogP contribution is 2.17. The zero-order valence-corrected chi connectivity index (χ0v) is 11.5. The summed E-state index contributed by atoms with van der Waals surface area (Å²) in [5, 5.41) is 7.35. The number of nitrogens with one attached hydrogen (secondary N) is 1. The zero-order chi connectivity index (χ0) is 13.1. The van der Waals surface area contributed by atoms with Crippen molar-refractivity contribution in [1.82, 2.24) is 10.2 Å². The van der Waals surface area contributed by atoms with Crippen LogP contribution in [0.4, 0.5) is 0 Å². The van der Waals surface area contributed by atoms with E-state index in [-0.39, 0.29) is 17.9 Å². The van der Waals surface area contributed by atoms with Gasteiger partial charge in [-0.25, -0.2) is 0 Å². The summed E-state index contributed by atoms with van der Waals surface area (Å²) in [6.07, 6.45) is 1.11. The molecular formula is C13H18N2O2S. The van der Waals surface area contributed by atoms with Crippen LogP contribution in [-0.2, 0) is 16.1 Å². The summed E-state index contributed by atoms with van der Waals surface area (Å²) in [6, 6.07) is -0.344. The zero-order valence-electron chi connectivity index (χ0n) is 10.7. The van der Waals surface area contributed by atoms with E-state index in [1.807, 2.05) is 6.92 Å². The predicted octanol–water partition coefficient (Wildman–Crippen LogP) is 1.68. The smallest absolute Gasteiger partial charge is 0.246 e. The van der Waals surface area contributed by atoms with Gasteiger partial charge in [0.05, 0.1) is 12.5 Å². The van der Waals surface area contributed by atoms with E-state index >= 15 is 0 Å². The number of carbonyl (C=O) groups excluding carboxylic acids is 2. The fourth-order valence-corrected chi connectivity index (χ4v) is 2.96. The van der Waals surface area contributed by atoms with E-state index in [0.29, 0.717) is 19.5 Å². The van der Waals surface area contributed by atoms with Crippen LogP contribution in [0.2, 0.25) is 0 Å². The first-order chi connectivity index (χ1) is 8.63. The molecule has 4 nitrogen and oxygen atoms in total. The van der Waals surface area contributed by atoms with Crippen molar-refractivity contribution >= 4 is 23.2 Å². The summed E-state index contributed by atoms with van der Waals surface area (Å²) < 4.78 is 0. The van der Waals surface area contributed by atoms with Crippen molar-refractivity contribution in [2.75, 3.05) is 6.54 Å². The molecule has 2 amide bonds. The minimum Gasteiger partial charge on any atom is -0.301 e. The Balaban J connectivity index is 1.93. The number of hydrogen-bond donors (Lipinski definition) is 1. The first-order valence-electron chi connectivity index (χ1n) is 6.22. The Morgan fingerprint density at radius 1 is 1.44 bits per heavy atom. The van der Waals surface area contributed by atoms with Crippen LogP contribution in [0.1, 0.15) is 30.9 Å². The van der Waals surface area contributed by atoms with Crippen LogP contribution >= 0.6 is 11.3 Å². The molecule has 1 fully saturated rings. The summed E-state index contributed by atoms with van der Waals surface area (Å²) in [5.74, 6) is -0.129. The number of amides is 2. The lowest BCUT2D eigenvalue weighted by atomic mass is 10.2. The number of carbonyl (C=O) groups is 2. The first-order valence-corrected chi connectivity index (χ1v) is 7.17. The molecule has 1 atom stereocenters. The molecule has 1 aromatic heterocycles. The normalized spacial score (nSPS) is 19.9. The molecule has 0 aliphatic carbocycles. The van der Waals surface area contributed by atoms with Gasteiger partial charge in [0.2, 0.25) is 11.8 Å². The lowest BCUT2D eigenvalue weighted by molar-refractivity contribution is -0.138. The third kappa shape index (κ3) is 2.62. The van der Waals surface area contributed by atoms with Crippen LogP contribution in [0, 0.1) is 6.92 Å². The third-order valence-electron chi connectivity index (χ3n) is 3.19. The minimum atomic E-state index is -0.344. The maximum Gasteiger partial charge on any atom is 0.246 e. The van der Waals surface area contributed by atoms with Crippen LogP contribution in [0.5, 0.6) is 0 Å². The number of imide groups is 1. The average Bonchev–Trinajstić information content (AvgIpc) is 2.86. The molecule has 1 aliphatic heterocycles. The minimum absolute atomic E-state index is 0.0543. The number of hydrogen-bond acceptors (Lipinski definition) is 4. The Bertz CT molecular complexity index is 456. The Morgan fingerprint density at radius 3 is 2.83 bits per heavy atom. The molecule has 1 unspecified atom stereocenters. The van der Waals surface area contributed by atoms with Crippen molar-refractivity contribution in [2.24, 2.45) is 0 Å². The standard InChI is InChI=1S/C13H18N2O2S/c1-3-4-15-12(16)5-11(13(15)17)14-6-10-8-18-7-9(10)2/h7-8,11,14H,3-6H2,1-2H3. The maximum atomic E-state index is 12.0. The van der Waals surface area contributed by atoms with Gasteiger partial charge >= 0.3 is 0 Å². The molecule has 0 bridgehead atoms. The van der Waals surface area contributed by atoms with Gasteiger partial charge in [0.1, 0.15) is 0 Å². The SMILES string of the molecule is CCCN1C(=O)CC(NCc2cscc2C)C1=O. The van der Waals surface area contributed by atoms with Crippen molar-refractivity contribution in [2.45, 2.75) is 39.3 Å². The number of aryl methyl sites for hydroxylation is 1. The molecule has 18 heavy (non-hydrogen) atoms. The second-order valence-electron chi connectivity index (χ2n) is 4.60. The number of rotatable bonds is 5. The van der Waals surface area contributed by atoms with Crippen molar-refractivity contribution in [1.29, 1.82) is 0 Å². The Morgan fingerprint density at radius 2 is 2.22 bits per heavy atom. The second-order valence-corrected chi connectivity index (χ2v) is 5.34. The van der Waals surface area contributed by atoms with Gasteiger partial charge in [-0.15, -0.1) is 0 Å². The predicted molar refractivity (Wildman–Crippen MR) is 71.3 cm³/mol. The van der Waals surface area contributed by atoms with Gasteiger partial charge < -0.3 is 5.32 Å². The van der Waals surface area contributed by atoms with Gasteiger partial charge in [0.25, 0.3) is 0 Å². The Kier molecular flexibility index (Phi) is 4.14. The molecule has 1 aliphatic rings. The van der Waals surface area contributed by atoms with E-state index in [1.165, 1.54) is 16.0 Å². The van der Waals surface area contributed by atoms with Crippen LogP contribution in [0.25, 0.3) is 0 Å². The lowest BCUT2D eigenvalue weighted by Crippen LogP contribution is -2.38. The number of nitrogens with zero attached hydrogens (tertiary/aromatic N) is 1. The monoisotopic (exact) mass is 266 g/mol. The number of likely N-dealkylation sites (tertiary alicyclic amines) is 1. The molecule has 0 spiro atoms. The largest absolute Gasteiger partial charge is 0.301 e. The molecular weight excluding hydrogens is 248 g/mol. The van der Waals surface area contributed by atoms with Gasteiger partial charge in [-0.1, -0.05) is 6.92 Å². The van der Waals surface area contributed by atoms with Crippen molar-refractivity contribution < 1.29 is 9.59 Å². The van der Waals surface area contributed by atoms with Gasteiger partial charge in [-0.05, 0) is 35.2 Å². The number of thiophene rings is 1. The van der Waals surface area contributed by atoms with E-state index in [9.17, 15) is 9.59 Å². The highest BCUT2D eigenvalue weighted by atomic mass is 32.1. The van der Waals surface area contributed by atoms with Gasteiger partial charge in [-0.2, -0.15) is 11.3 Å². The molecule has 0 saturated carbocycles. The lowest BCUT2D eigenvalue weighted by Gasteiger charge is -2.14.